The molecular formula is C19H16FN5OS. The summed E-state index contributed by atoms with van der Waals surface area (Å²) in [5, 5.41) is 15.3. The lowest BCUT2D eigenvalue weighted by molar-refractivity contribution is -0.117. The van der Waals surface area contributed by atoms with Crippen molar-refractivity contribution >= 4 is 39.9 Å². The van der Waals surface area contributed by atoms with E-state index in [1.165, 1.54) is 0 Å². The van der Waals surface area contributed by atoms with Crippen LogP contribution in [0.3, 0.4) is 0 Å². The molecule has 136 valence electrons. The SMILES string of the molecule is CSc1ccc2[nH]ncc2c1-c1ccn2nc(NC(=O)[C@@H]3C[C@@H]3F)cc2c1. The molecule has 0 bridgehead atoms. The lowest BCUT2D eigenvalue weighted by atomic mass is 10.0. The molecule has 2 N–H and O–H groups in total. The van der Waals surface area contributed by atoms with Crippen LogP contribution in [0.25, 0.3) is 27.5 Å². The van der Waals surface area contributed by atoms with Crippen molar-refractivity contribution in [3.63, 3.8) is 0 Å². The quantitative estimate of drug-likeness (QED) is 0.526. The minimum absolute atomic E-state index is 0.301. The Morgan fingerprint density at radius 1 is 1.37 bits per heavy atom. The third-order valence-electron chi connectivity index (χ3n) is 4.86. The number of nitrogens with zero attached hydrogens (tertiary/aromatic N) is 3. The number of benzene rings is 1. The minimum Gasteiger partial charge on any atom is -0.309 e. The Morgan fingerprint density at radius 3 is 3.00 bits per heavy atom. The number of rotatable bonds is 4. The number of pyridine rings is 1. The van der Waals surface area contributed by atoms with Crippen LogP contribution in [-0.2, 0) is 4.79 Å². The molecule has 3 aromatic heterocycles. The molecule has 0 spiro atoms. The molecule has 1 saturated carbocycles. The first kappa shape index (κ1) is 16.3. The monoisotopic (exact) mass is 381 g/mol. The first-order chi connectivity index (χ1) is 13.1. The van der Waals surface area contributed by atoms with E-state index in [-0.39, 0.29) is 5.91 Å². The zero-order chi connectivity index (χ0) is 18.5. The summed E-state index contributed by atoms with van der Waals surface area (Å²) in [6, 6.07) is 9.92. The van der Waals surface area contributed by atoms with Crippen molar-refractivity contribution in [2.24, 2.45) is 5.92 Å². The lowest BCUT2D eigenvalue weighted by Crippen LogP contribution is -2.15. The number of thioether (sulfide) groups is 1. The highest BCUT2D eigenvalue weighted by Crippen LogP contribution is 2.37. The molecule has 2 atom stereocenters. The maximum absolute atomic E-state index is 13.1. The third-order valence-corrected chi connectivity index (χ3v) is 5.64. The highest BCUT2D eigenvalue weighted by atomic mass is 32.2. The molecule has 1 aliphatic carbocycles. The van der Waals surface area contributed by atoms with Gasteiger partial charge in [0.1, 0.15) is 6.17 Å². The summed E-state index contributed by atoms with van der Waals surface area (Å²) < 4.78 is 14.8. The Bertz CT molecular complexity index is 1180. The number of amides is 1. The second-order valence-electron chi connectivity index (χ2n) is 6.64. The lowest BCUT2D eigenvalue weighted by Gasteiger charge is -2.09. The van der Waals surface area contributed by atoms with Gasteiger partial charge in [-0.2, -0.15) is 10.2 Å². The summed E-state index contributed by atoms with van der Waals surface area (Å²) in [5.41, 5.74) is 3.99. The van der Waals surface area contributed by atoms with Crippen molar-refractivity contribution in [3.05, 3.63) is 42.7 Å². The Balaban J connectivity index is 1.55. The molecule has 0 saturated heterocycles. The molecule has 6 nitrogen and oxygen atoms in total. The van der Waals surface area contributed by atoms with E-state index in [4.69, 9.17) is 0 Å². The first-order valence-electron chi connectivity index (χ1n) is 8.59. The van der Waals surface area contributed by atoms with Crippen LogP contribution in [0.15, 0.2) is 47.6 Å². The van der Waals surface area contributed by atoms with Gasteiger partial charge in [-0.25, -0.2) is 8.91 Å². The fourth-order valence-corrected chi connectivity index (χ4v) is 3.97. The number of carbonyl (C=O) groups excluding carboxylic acids is 1. The van der Waals surface area contributed by atoms with E-state index >= 15 is 0 Å². The van der Waals surface area contributed by atoms with Crippen LogP contribution in [0.2, 0.25) is 0 Å². The van der Waals surface area contributed by atoms with Crippen LogP contribution in [0, 0.1) is 5.92 Å². The van der Waals surface area contributed by atoms with Gasteiger partial charge in [-0.05, 0) is 42.5 Å². The summed E-state index contributed by atoms with van der Waals surface area (Å²) in [6.45, 7) is 0. The molecule has 0 unspecified atom stereocenters. The van der Waals surface area contributed by atoms with Crippen LogP contribution >= 0.6 is 11.8 Å². The first-order valence-corrected chi connectivity index (χ1v) is 9.81. The second kappa shape index (κ2) is 6.09. The molecule has 8 heteroatoms. The van der Waals surface area contributed by atoms with E-state index in [0.29, 0.717) is 12.2 Å². The number of aromatic amines is 1. The summed E-state index contributed by atoms with van der Waals surface area (Å²) in [5.74, 6) is -0.407. The van der Waals surface area contributed by atoms with Gasteiger partial charge in [-0.15, -0.1) is 11.8 Å². The van der Waals surface area contributed by atoms with Gasteiger partial charge in [0.2, 0.25) is 5.91 Å². The number of anilines is 1. The minimum atomic E-state index is -1.02. The van der Waals surface area contributed by atoms with Crippen molar-refractivity contribution in [2.75, 3.05) is 11.6 Å². The standard InChI is InChI=1S/C19H16FN5OS/c1-27-16-3-2-15-13(9-21-23-15)18(16)10-4-5-25-11(6-10)7-17(24-25)22-19(26)12-8-14(12)20/h2-7,9,12,14H,8H2,1H3,(H,21,23)(H,22,24,26)/t12-,14+/m1/s1. The number of carbonyl (C=O) groups is 1. The number of fused-ring (bicyclic) bond motifs is 2. The van der Waals surface area contributed by atoms with E-state index in [0.717, 1.165) is 32.4 Å². The zero-order valence-corrected chi connectivity index (χ0v) is 15.3. The van der Waals surface area contributed by atoms with Gasteiger partial charge in [0.25, 0.3) is 0 Å². The second-order valence-corrected chi connectivity index (χ2v) is 7.48. The van der Waals surface area contributed by atoms with Crippen LogP contribution in [0.5, 0.6) is 0 Å². The average molecular weight is 381 g/mol. The van der Waals surface area contributed by atoms with Crippen molar-refractivity contribution < 1.29 is 9.18 Å². The largest absolute Gasteiger partial charge is 0.309 e. The molecule has 27 heavy (non-hydrogen) atoms. The highest BCUT2D eigenvalue weighted by molar-refractivity contribution is 7.98. The third kappa shape index (κ3) is 2.76. The Kier molecular flexibility index (Phi) is 3.68. The molecule has 1 fully saturated rings. The molecule has 1 aliphatic rings. The predicted molar refractivity (Wildman–Crippen MR) is 104 cm³/mol. The van der Waals surface area contributed by atoms with Gasteiger partial charge in [-0.3, -0.25) is 9.89 Å². The molecule has 3 heterocycles. The van der Waals surface area contributed by atoms with Crippen molar-refractivity contribution in [2.45, 2.75) is 17.5 Å². The van der Waals surface area contributed by atoms with Crippen LogP contribution in [0.1, 0.15) is 6.42 Å². The molecule has 4 aromatic rings. The van der Waals surface area contributed by atoms with Gasteiger partial charge in [-0.1, -0.05) is 0 Å². The Hall–Kier alpha value is -2.87. The molecule has 0 aliphatic heterocycles. The van der Waals surface area contributed by atoms with E-state index in [2.05, 4.69) is 26.7 Å². The van der Waals surface area contributed by atoms with Crippen LogP contribution in [0.4, 0.5) is 10.2 Å². The van der Waals surface area contributed by atoms with Gasteiger partial charge in [0.15, 0.2) is 5.82 Å². The number of hydrogen-bond acceptors (Lipinski definition) is 4. The normalized spacial score (nSPS) is 18.9. The number of alkyl halides is 1. The molecule has 0 radical (unpaired) electrons. The van der Waals surface area contributed by atoms with Crippen molar-refractivity contribution in [1.82, 2.24) is 19.8 Å². The molecule has 1 amide bonds. The topological polar surface area (TPSA) is 75.1 Å². The number of nitrogens with one attached hydrogen (secondary N) is 2. The fraction of sp³-hybridized carbons (Fsp3) is 0.211. The maximum atomic E-state index is 13.1. The molecule has 1 aromatic carbocycles. The Labute approximate surface area is 158 Å². The van der Waals surface area contributed by atoms with E-state index in [1.807, 2.05) is 36.8 Å². The van der Waals surface area contributed by atoms with Crippen molar-refractivity contribution in [3.8, 4) is 11.1 Å². The summed E-state index contributed by atoms with van der Waals surface area (Å²) in [7, 11) is 0. The van der Waals surface area contributed by atoms with Crippen LogP contribution in [-0.4, -0.2) is 38.1 Å². The summed E-state index contributed by atoms with van der Waals surface area (Å²) in [4.78, 5) is 13.1. The molecular weight excluding hydrogens is 365 g/mol. The average Bonchev–Trinajstić information content (AvgIpc) is 3.07. The zero-order valence-electron chi connectivity index (χ0n) is 14.4. The maximum Gasteiger partial charge on any atom is 0.231 e. The highest BCUT2D eigenvalue weighted by Gasteiger charge is 2.43. The smallest absolute Gasteiger partial charge is 0.231 e. The summed E-state index contributed by atoms with van der Waals surface area (Å²) in [6.07, 6.45) is 5.02. The number of aromatic nitrogens is 4. The number of hydrogen-bond donors (Lipinski definition) is 2. The van der Waals surface area contributed by atoms with E-state index in [9.17, 15) is 9.18 Å². The van der Waals surface area contributed by atoms with Crippen molar-refractivity contribution in [1.29, 1.82) is 0 Å². The molecule has 5 rings (SSSR count). The van der Waals surface area contributed by atoms with Gasteiger partial charge < -0.3 is 5.32 Å². The Morgan fingerprint density at radius 2 is 2.22 bits per heavy atom. The van der Waals surface area contributed by atoms with Gasteiger partial charge in [0.05, 0.1) is 23.1 Å². The van der Waals surface area contributed by atoms with Gasteiger partial charge in [0, 0.05) is 28.1 Å². The van der Waals surface area contributed by atoms with Crippen LogP contribution < -0.4 is 5.32 Å². The van der Waals surface area contributed by atoms with Gasteiger partial charge >= 0.3 is 0 Å². The fourth-order valence-electron chi connectivity index (χ4n) is 3.33. The van der Waals surface area contributed by atoms with E-state index < -0.39 is 12.1 Å². The summed E-state index contributed by atoms with van der Waals surface area (Å²) >= 11 is 1.68. The number of H-pyrrole nitrogens is 1. The predicted octanol–water partition coefficient (Wildman–Crippen LogP) is 3.90. The van der Waals surface area contributed by atoms with E-state index in [1.54, 1.807) is 22.3 Å². The number of halogens is 1.